The number of amides is 1. The average Bonchev–Trinajstić information content (AvgIpc) is 2.75. The molecule has 6 nitrogen and oxygen atoms in total. The van der Waals surface area contributed by atoms with Crippen LogP contribution in [0, 0.1) is 19.3 Å². The van der Waals surface area contributed by atoms with Gasteiger partial charge in [-0.2, -0.15) is 0 Å². The molecule has 1 N–H and O–H groups in total. The molecule has 4 rings (SSSR count). The molecule has 0 unspecified atom stereocenters. The van der Waals surface area contributed by atoms with Gasteiger partial charge in [0.25, 0.3) is 5.91 Å². The highest BCUT2D eigenvalue weighted by Gasteiger charge is 2.18. The number of terminal acetylenes is 1. The zero-order valence-electron chi connectivity index (χ0n) is 15.6. The van der Waals surface area contributed by atoms with Crippen molar-refractivity contribution >= 4 is 28.4 Å². The summed E-state index contributed by atoms with van der Waals surface area (Å²) in [5.41, 5.74) is 4.14. The second kappa shape index (κ2) is 7.67. The third-order valence-electron chi connectivity index (χ3n) is 4.88. The van der Waals surface area contributed by atoms with E-state index in [2.05, 4.69) is 21.2 Å². The van der Waals surface area contributed by atoms with Crippen molar-refractivity contribution in [1.82, 2.24) is 14.9 Å². The van der Waals surface area contributed by atoms with E-state index in [-0.39, 0.29) is 5.91 Å². The molecule has 1 amide bonds. The zero-order chi connectivity index (χ0) is 19.5. The first-order valence-corrected chi connectivity index (χ1v) is 9.13. The van der Waals surface area contributed by atoms with Gasteiger partial charge in [-0.1, -0.05) is 5.92 Å². The number of carbonyl (C=O) groups excluding carboxylic acids is 1. The molecule has 1 aliphatic heterocycles. The summed E-state index contributed by atoms with van der Waals surface area (Å²) >= 11 is 0. The van der Waals surface area contributed by atoms with Crippen LogP contribution in [0.5, 0.6) is 0 Å². The van der Waals surface area contributed by atoms with Crippen molar-refractivity contribution in [3.05, 3.63) is 59.3 Å². The highest BCUT2D eigenvalue weighted by atomic mass is 16.5. The number of aryl methyl sites for hydroxylation is 1. The molecule has 140 valence electrons. The van der Waals surface area contributed by atoms with E-state index in [0.29, 0.717) is 37.8 Å². The van der Waals surface area contributed by atoms with Crippen molar-refractivity contribution in [1.29, 1.82) is 0 Å². The van der Waals surface area contributed by atoms with E-state index < -0.39 is 0 Å². The number of hydrogen-bond donors (Lipinski definition) is 1. The summed E-state index contributed by atoms with van der Waals surface area (Å²) in [5.74, 6) is 3.19. The zero-order valence-corrected chi connectivity index (χ0v) is 15.6. The number of benzene rings is 2. The van der Waals surface area contributed by atoms with Gasteiger partial charge in [0, 0.05) is 41.5 Å². The number of nitrogens with zero attached hydrogens (tertiary/aromatic N) is 3. The van der Waals surface area contributed by atoms with Gasteiger partial charge < -0.3 is 15.0 Å². The van der Waals surface area contributed by atoms with Gasteiger partial charge in [0.15, 0.2) is 0 Å². The highest BCUT2D eigenvalue weighted by molar-refractivity contribution is 5.94. The molecule has 1 aliphatic rings. The minimum atomic E-state index is 0.0246. The van der Waals surface area contributed by atoms with Crippen molar-refractivity contribution < 1.29 is 9.53 Å². The molecule has 3 aromatic rings. The minimum absolute atomic E-state index is 0.0246. The predicted octanol–water partition coefficient (Wildman–Crippen LogP) is 3.14. The first-order valence-electron chi connectivity index (χ1n) is 9.13. The molecule has 2 aromatic carbocycles. The Balaban J connectivity index is 1.51. The third-order valence-corrected chi connectivity index (χ3v) is 4.88. The Morgan fingerprint density at radius 2 is 1.93 bits per heavy atom. The molecular weight excluding hydrogens is 352 g/mol. The van der Waals surface area contributed by atoms with Crippen LogP contribution in [0.4, 0.5) is 11.6 Å². The Kier molecular flexibility index (Phi) is 4.92. The van der Waals surface area contributed by atoms with E-state index in [1.165, 1.54) is 0 Å². The lowest BCUT2D eigenvalue weighted by molar-refractivity contribution is 0.0303. The van der Waals surface area contributed by atoms with Gasteiger partial charge in [0.2, 0.25) is 5.95 Å². The number of rotatable bonds is 3. The minimum Gasteiger partial charge on any atom is -0.378 e. The number of carbonyl (C=O) groups is 1. The lowest BCUT2D eigenvalue weighted by Gasteiger charge is -2.26. The summed E-state index contributed by atoms with van der Waals surface area (Å²) in [5, 5.41) is 4.12. The SMILES string of the molecule is C#Cc1ccc2nc(Nc3ccc(C(=O)N4CCOCC4)cc3)ncc2c1C. The fourth-order valence-electron chi connectivity index (χ4n) is 3.23. The quantitative estimate of drug-likeness (QED) is 0.716. The lowest BCUT2D eigenvalue weighted by Crippen LogP contribution is -2.40. The molecule has 1 aromatic heterocycles. The molecule has 0 atom stereocenters. The smallest absolute Gasteiger partial charge is 0.254 e. The van der Waals surface area contributed by atoms with E-state index in [1.807, 2.05) is 48.2 Å². The van der Waals surface area contributed by atoms with Crippen LogP contribution >= 0.6 is 0 Å². The van der Waals surface area contributed by atoms with Gasteiger partial charge in [0.05, 0.1) is 18.7 Å². The van der Waals surface area contributed by atoms with E-state index in [9.17, 15) is 4.79 Å². The predicted molar refractivity (Wildman–Crippen MR) is 109 cm³/mol. The van der Waals surface area contributed by atoms with Crippen LogP contribution in [0.15, 0.2) is 42.6 Å². The fourth-order valence-corrected chi connectivity index (χ4v) is 3.23. The number of hydrogen-bond acceptors (Lipinski definition) is 5. The number of morpholine rings is 1. The molecule has 0 radical (unpaired) electrons. The standard InChI is InChI=1S/C22H20N4O2/c1-3-16-6-9-20-19(15(16)2)14-23-22(25-20)24-18-7-4-17(5-8-18)21(27)26-10-12-28-13-11-26/h1,4-9,14H,10-13H2,2H3,(H,23,24,25). The van der Waals surface area contributed by atoms with Crippen LogP contribution in [0.1, 0.15) is 21.5 Å². The van der Waals surface area contributed by atoms with E-state index in [0.717, 1.165) is 27.7 Å². The van der Waals surface area contributed by atoms with E-state index >= 15 is 0 Å². The van der Waals surface area contributed by atoms with Crippen molar-refractivity contribution in [2.75, 3.05) is 31.6 Å². The highest BCUT2D eigenvalue weighted by Crippen LogP contribution is 2.22. The molecule has 6 heteroatoms. The number of fused-ring (bicyclic) bond motifs is 1. The number of aromatic nitrogens is 2. The van der Waals surface area contributed by atoms with Gasteiger partial charge >= 0.3 is 0 Å². The van der Waals surface area contributed by atoms with Gasteiger partial charge in [-0.15, -0.1) is 6.42 Å². The van der Waals surface area contributed by atoms with Crippen molar-refractivity contribution in [3.8, 4) is 12.3 Å². The summed E-state index contributed by atoms with van der Waals surface area (Å²) in [6.45, 7) is 4.41. The van der Waals surface area contributed by atoms with Crippen molar-refractivity contribution in [3.63, 3.8) is 0 Å². The Labute approximate surface area is 163 Å². The molecule has 2 heterocycles. The van der Waals surface area contributed by atoms with Crippen LogP contribution in [0.3, 0.4) is 0 Å². The van der Waals surface area contributed by atoms with E-state index in [4.69, 9.17) is 11.2 Å². The fraction of sp³-hybridized carbons (Fsp3) is 0.227. The Morgan fingerprint density at radius 1 is 1.18 bits per heavy atom. The first-order chi connectivity index (χ1) is 13.7. The number of anilines is 2. The molecule has 28 heavy (non-hydrogen) atoms. The van der Waals surface area contributed by atoms with Crippen LogP contribution in [0.25, 0.3) is 10.9 Å². The van der Waals surface area contributed by atoms with E-state index in [1.54, 1.807) is 6.20 Å². The van der Waals surface area contributed by atoms with Gasteiger partial charge in [0.1, 0.15) is 0 Å². The molecule has 0 aliphatic carbocycles. The van der Waals surface area contributed by atoms with Gasteiger partial charge in [-0.3, -0.25) is 4.79 Å². The Morgan fingerprint density at radius 3 is 2.64 bits per heavy atom. The maximum atomic E-state index is 12.5. The molecule has 1 saturated heterocycles. The number of nitrogens with one attached hydrogen (secondary N) is 1. The molecule has 1 fully saturated rings. The summed E-state index contributed by atoms with van der Waals surface area (Å²) in [7, 11) is 0. The number of ether oxygens (including phenoxy) is 1. The second-order valence-corrected chi connectivity index (χ2v) is 6.62. The van der Waals surface area contributed by atoms with Crippen molar-refractivity contribution in [2.45, 2.75) is 6.92 Å². The monoisotopic (exact) mass is 372 g/mol. The maximum Gasteiger partial charge on any atom is 0.254 e. The molecule has 0 spiro atoms. The average molecular weight is 372 g/mol. The first kappa shape index (κ1) is 18.0. The normalized spacial score (nSPS) is 13.9. The largest absolute Gasteiger partial charge is 0.378 e. The Bertz CT molecular complexity index is 1060. The van der Waals surface area contributed by atoms with Gasteiger partial charge in [-0.25, -0.2) is 9.97 Å². The summed E-state index contributed by atoms with van der Waals surface area (Å²) in [4.78, 5) is 23.3. The maximum absolute atomic E-state index is 12.5. The van der Waals surface area contributed by atoms with Crippen LogP contribution in [-0.4, -0.2) is 47.1 Å². The molecule has 0 bridgehead atoms. The third kappa shape index (κ3) is 3.53. The van der Waals surface area contributed by atoms with Crippen LogP contribution in [0.2, 0.25) is 0 Å². The lowest BCUT2D eigenvalue weighted by atomic mass is 10.1. The summed E-state index contributed by atoms with van der Waals surface area (Å²) in [6, 6.07) is 11.1. The second-order valence-electron chi connectivity index (χ2n) is 6.62. The summed E-state index contributed by atoms with van der Waals surface area (Å²) < 4.78 is 5.29. The van der Waals surface area contributed by atoms with Crippen LogP contribution in [-0.2, 0) is 4.74 Å². The molecular formula is C22H20N4O2. The van der Waals surface area contributed by atoms with Crippen molar-refractivity contribution in [2.24, 2.45) is 0 Å². The van der Waals surface area contributed by atoms with Gasteiger partial charge in [-0.05, 0) is 48.9 Å². The molecule has 0 saturated carbocycles. The Hall–Kier alpha value is -3.43. The van der Waals surface area contributed by atoms with Crippen LogP contribution < -0.4 is 5.32 Å². The summed E-state index contributed by atoms with van der Waals surface area (Å²) in [6.07, 6.45) is 7.29. The topological polar surface area (TPSA) is 67.4 Å².